The van der Waals surface area contributed by atoms with Crippen LogP contribution in [-0.2, 0) is 13.1 Å². The highest BCUT2D eigenvalue weighted by Crippen LogP contribution is 1.86. The maximum absolute atomic E-state index is 5.40. The van der Waals surface area contributed by atoms with Crippen LogP contribution in [0.5, 0.6) is 0 Å². The van der Waals surface area contributed by atoms with Gasteiger partial charge in [0.1, 0.15) is 12.4 Å². The fourth-order valence-corrected chi connectivity index (χ4v) is 1.03. The molecule has 0 aliphatic rings. The van der Waals surface area contributed by atoms with Gasteiger partial charge in [0.2, 0.25) is 6.33 Å². The minimum atomic E-state index is 0. The maximum atomic E-state index is 5.40. The Kier molecular flexibility index (Phi) is 6.02. The molecule has 1 heterocycles. The van der Waals surface area contributed by atoms with Crippen molar-refractivity contribution < 1.29 is 21.5 Å². The average Bonchev–Trinajstić information content (AvgIpc) is 2.48. The van der Waals surface area contributed by atoms with Crippen molar-refractivity contribution in [2.75, 3.05) is 6.54 Å². The Labute approximate surface area is 84.0 Å². The van der Waals surface area contributed by atoms with E-state index in [1.165, 1.54) is 0 Å². The summed E-state index contributed by atoms with van der Waals surface area (Å²) in [5, 5.41) is 0. The third kappa shape index (κ3) is 3.36. The van der Waals surface area contributed by atoms with Crippen LogP contribution in [0, 0.1) is 0 Å². The number of hydrogen-bond acceptors (Lipinski definition) is 1. The van der Waals surface area contributed by atoms with Crippen molar-refractivity contribution in [3.05, 3.63) is 18.7 Å². The van der Waals surface area contributed by atoms with Gasteiger partial charge in [-0.3, -0.25) is 0 Å². The smallest absolute Gasteiger partial charge is 0.243 e. The molecule has 1 aromatic rings. The summed E-state index contributed by atoms with van der Waals surface area (Å²) >= 11 is 0. The molecule has 1 rings (SSSR count). The fraction of sp³-hybridized carbons (Fsp3) is 0.625. The van der Waals surface area contributed by atoms with E-state index in [9.17, 15) is 0 Å². The standard InChI is InChI=1S/C8H16N3.BrH/c1-2-10-6-7-11(8-10)5-3-4-9;/h6-8H,2-5,9H2,1H3;1H/q+1;/p-1. The van der Waals surface area contributed by atoms with Crippen molar-refractivity contribution in [2.24, 2.45) is 5.73 Å². The van der Waals surface area contributed by atoms with Gasteiger partial charge in [-0.2, -0.15) is 0 Å². The molecule has 0 fully saturated rings. The highest BCUT2D eigenvalue weighted by atomic mass is 79.9. The second-order valence-electron chi connectivity index (χ2n) is 2.62. The fourth-order valence-electron chi connectivity index (χ4n) is 1.03. The molecule has 0 saturated carbocycles. The first-order valence-corrected chi connectivity index (χ1v) is 4.11. The van der Waals surface area contributed by atoms with Gasteiger partial charge < -0.3 is 22.7 Å². The SMILES string of the molecule is CC[n+]1ccn(CCCN)c1.[Br-]. The normalized spacial score (nSPS) is 9.50. The Morgan fingerprint density at radius 1 is 1.50 bits per heavy atom. The van der Waals surface area contributed by atoms with Gasteiger partial charge in [-0.05, 0) is 19.9 Å². The second-order valence-corrected chi connectivity index (χ2v) is 2.62. The predicted molar refractivity (Wildman–Crippen MR) is 44.0 cm³/mol. The van der Waals surface area contributed by atoms with Crippen molar-refractivity contribution in [3.63, 3.8) is 0 Å². The largest absolute Gasteiger partial charge is 1.00 e. The number of aromatic nitrogens is 2. The molecule has 12 heavy (non-hydrogen) atoms. The summed E-state index contributed by atoms with van der Waals surface area (Å²) in [5.41, 5.74) is 5.40. The van der Waals surface area contributed by atoms with Gasteiger partial charge in [0.15, 0.2) is 0 Å². The number of rotatable bonds is 4. The third-order valence-corrected chi connectivity index (χ3v) is 1.73. The molecule has 0 unspecified atom stereocenters. The molecule has 3 nitrogen and oxygen atoms in total. The topological polar surface area (TPSA) is 34.8 Å². The maximum Gasteiger partial charge on any atom is 0.243 e. The van der Waals surface area contributed by atoms with E-state index < -0.39 is 0 Å². The number of hydrogen-bond donors (Lipinski definition) is 1. The lowest BCUT2D eigenvalue weighted by Crippen LogP contribution is -3.00. The molecule has 0 spiro atoms. The Bertz CT molecular complexity index is 210. The Balaban J connectivity index is 0.00000121. The number of nitrogens with zero attached hydrogens (tertiary/aromatic N) is 2. The van der Waals surface area contributed by atoms with Crippen LogP contribution < -0.4 is 27.3 Å². The molecule has 1 aromatic heterocycles. The highest BCUT2D eigenvalue weighted by molar-refractivity contribution is 4.65. The third-order valence-electron chi connectivity index (χ3n) is 1.73. The lowest BCUT2D eigenvalue weighted by Gasteiger charge is -1.91. The summed E-state index contributed by atoms with van der Waals surface area (Å²) in [6, 6.07) is 0. The molecule has 0 amide bonds. The molecule has 4 heteroatoms. The Morgan fingerprint density at radius 2 is 2.25 bits per heavy atom. The van der Waals surface area contributed by atoms with Gasteiger partial charge in [0.05, 0.1) is 13.1 Å². The van der Waals surface area contributed by atoms with Gasteiger partial charge in [-0.15, -0.1) is 0 Å². The molecule has 0 saturated heterocycles. The van der Waals surface area contributed by atoms with Crippen LogP contribution in [0.25, 0.3) is 0 Å². The summed E-state index contributed by atoms with van der Waals surface area (Å²) in [6.07, 6.45) is 7.32. The average molecular weight is 234 g/mol. The van der Waals surface area contributed by atoms with Gasteiger partial charge >= 0.3 is 0 Å². The Morgan fingerprint density at radius 3 is 2.75 bits per heavy atom. The zero-order valence-electron chi connectivity index (χ0n) is 7.41. The quantitative estimate of drug-likeness (QED) is 0.559. The van der Waals surface area contributed by atoms with E-state index in [4.69, 9.17) is 5.73 Å². The van der Waals surface area contributed by atoms with Crippen molar-refractivity contribution >= 4 is 0 Å². The lowest BCUT2D eigenvalue weighted by molar-refractivity contribution is -0.693. The van der Waals surface area contributed by atoms with E-state index in [-0.39, 0.29) is 17.0 Å². The van der Waals surface area contributed by atoms with Crippen LogP contribution in [0.1, 0.15) is 13.3 Å². The van der Waals surface area contributed by atoms with E-state index >= 15 is 0 Å². The number of halogens is 1. The first-order chi connectivity index (χ1) is 5.36. The summed E-state index contributed by atoms with van der Waals surface area (Å²) in [7, 11) is 0. The molecule has 0 aliphatic carbocycles. The predicted octanol–water partition coefficient (Wildman–Crippen LogP) is -2.85. The molecule has 0 aliphatic heterocycles. The lowest BCUT2D eigenvalue weighted by atomic mass is 10.4. The van der Waals surface area contributed by atoms with E-state index in [0.717, 1.165) is 26.1 Å². The van der Waals surface area contributed by atoms with Crippen molar-refractivity contribution in [3.8, 4) is 0 Å². The minimum Gasteiger partial charge on any atom is -1.00 e. The van der Waals surface area contributed by atoms with Crippen molar-refractivity contribution in [1.29, 1.82) is 0 Å². The molecular formula is C8H16BrN3. The van der Waals surface area contributed by atoms with E-state index in [1.807, 2.05) is 0 Å². The Hall–Kier alpha value is -0.350. The van der Waals surface area contributed by atoms with Crippen molar-refractivity contribution in [1.82, 2.24) is 4.57 Å². The molecular weight excluding hydrogens is 218 g/mol. The second kappa shape index (κ2) is 6.20. The monoisotopic (exact) mass is 233 g/mol. The van der Waals surface area contributed by atoms with Crippen LogP contribution in [0.4, 0.5) is 0 Å². The van der Waals surface area contributed by atoms with Gasteiger partial charge in [0.25, 0.3) is 0 Å². The highest BCUT2D eigenvalue weighted by Gasteiger charge is 1.99. The number of imidazole rings is 1. The first kappa shape index (κ1) is 11.6. The van der Waals surface area contributed by atoms with Gasteiger partial charge in [-0.25, -0.2) is 9.13 Å². The van der Waals surface area contributed by atoms with Crippen LogP contribution in [0.3, 0.4) is 0 Å². The summed E-state index contributed by atoms with van der Waals surface area (Å²) in [5.74, 6) is 0. The zero-order valence-corrected chi connectivity index (χ0v) is 9.00. The van der Waals surface area contributed by atoms with E-state index in [0.29, 0.717) is 0 Å². The van der Waals surface area contributed by atoms with E-state index in [1.54, 1.807) is 0 Å². The molecule has 0 atom stereocenters. The van der Waals surface area contributed by atoms with Crippen molar-refractivity contribution in [2.45, 2.75) is 26.4 Å². The van der Waals surface area contributed by atoms with Gasteiger partial charge in [0, 0.05) is 0 Å². The van der Waals surface area contributed by atoms with E-state index in [2.05, 4.69) is 34.8 Å². The van der Waals surface area contributed by atoms with Gasteiger partial charge in [-0.1, -0.05) is 0 Å². The molecule has 0 aromatic carbocycles. The first-order valence-electron chi connectivity index (χ1n) is 4.11. The summed E-state index contributed by atoms with van der Waals surface area (Å²) < 4.78 is 4.31. The van der Waals surface area contributed by atoms with Crippen LogP contribution >= 0.6 is 0 Å². The van der Waals surface area contributed by atoms with Crippen LogP contribution in [0.2, 0.25) is 0 Å². The molecule has 70 valence electrons. The number of nitrogens with two attached hydrogens (primary N) is 1. The summed E-state index contributed by atoms with van der Waals surface area (Å²) in [4.78, 5) is 0. The molecule has 2 N–H and O–H groups in total. The minimum absolute atomic E-state index is 0. The zero-order chi connectivity index (χ0) is 8.10. The summed E-state index contributed by atoms with van der Waals surface area (Å²) in [6.45, 7) is 4.97. The molecule has 0 bridgehead atoms. The number of aryl methyl sites for hydroxylation is 2. The van der Waals surface area contributed by atoms with Crippen LogP contribution in [-0.4, -0.2) is 11.1 Å². The molecule has 0 radical (unpaired) electrons. The van der Waals surface area contributed by atoms with Crippen LogP contribution in [0.15, 0.2) is 18.7 Å².